The number of halogens is 3. The highest BCUT2D eigenvalue weighted by molar-refractivity contribution is 5.95. The molecule has 0 bridgehead atoms. The van der Waals surface area contributed by atoms with Gasteiger partial charge in [-0.15, -0.1) is 0 Å². The van der Waals surface area contributed by atoms with Crippen molar-refractivity contribution in [3.8, 4) is 11.3 Å². The van der Waals surface area contributed by atoms with Crippen molar-refractivity contribution in [2.45, 2.75) is 32.5 Å². The molecule has 0 fully saturated rings. The first-order chi connectivity index (χ1) is 12.1. The second-order valence-corrected chi connectivity index (χ2v) is 6.85. The van der Waals surface area contributed by atoms with Gasteiger partial charge in [-0.2, -0.15) is 13.2 Å². The van der Waals surface area contributed by atoms with Gasteiger partial charge in [-0.05, 0) is 50.6 Å². The number of alkyl halides is 3. The van der Waals surface area contributed by atoms with Gasteiger partial charge in [0.15, 0.2) is 0 Å². The van der Waals surface area contributed by atoms with Gasteiger partial charge in [-0.3, -0.25) is 4.98 Å². The van der Waals surface area contributed by atoms with Crippen LogP contribution in [0.15, 0.2) is 48.8 Å². The summed E-state index contributed by atoms with van der Waals surface area (Å²) < 4.78 is 45.2. The van der Waals surface area contributed by atoms with Crippen LogP contribution >= 0.6 is 0 Å². The number of ether oxygens (including phenoxy) is 1. The Kier molecular flexibility index (Phi) is 4.26. The fourth-order valence-electron chi connectivity index (χ4n) is 2.59. The van der Waals surface area contributed by atoms with Gasteiger partial charge in [0, 0.05) is 11.6 Å². The van der Waals surface area contributed by atoms with Gasteiger partial charge in [-0.1, -0.05) is 12.1 Å². The molecule has 2 heterocycles. The molecule has 0 aliphatic carbocycles. The molecule has 26 heavy (non-hydrogen) atoms. The number of carbonyl (C=O) groups is 1. The van der Waals surface area contributed by atoms with Crippen LogP contribution in [0.3, 0.4) is 0 Å². The largest absolute Gasteiger partial charge is 0.443 e. The molecule has 0 amide bonds. The predicted octanol–water partition coefficient (Wildman–Crippen LogP) is 5.51. The number of hydrogen-bond acceptors (Lipinski definition) is 3. The van der Waals surface area contributed by atoms with Crippen LogP contribution in [0.25, 0.3) is 22.2 Å². The van der Waals surface area contributed by atoms with E-state index in [0.717, 1.165) is 17.5 Å². The lowest BCUT2D eigenvalue weighted by Crippen LogP contribution is -2.27. The van der Waals surface area contributed by atoms with Crippen molar-refractivity contribution in [1.82, 2.24) is 9.55 Å². The van der Waals surface area contributed by atoms with E-state index in [2.05, 4.69) is 4.98 Å². The summed E-state index contributed by atoms with van der Waals surface area (Å²) in [4.78, 5) is 16.7. The minimum Gasteiger partial charge on any atom is -0.443 e. The van der Waals surface area contributed by atoms with E-state index in [4.69, 9.17) is 4.74 Å². The molecular formula is C19H17F3N2O2. The average molecular weight is 362 g/mol. The first kappa shape index (κ1) is 18.0. The monoisotopic (exact) mass is 362 g/mol. The second kappa shape index (κ2) is 6.16. The molecule has 0 aliphatic rings. The van der Waals surface area contributed by atoms with E-state index in [1.165, 1.54) is 22.9 Å². The van der Waals surface area contributed by atoms with E-state index < -0.39 is 23.4 Å². The van der Waals surface area contributed by atoms with Gasteiger partial charge in [0.25, 0.3) is 0 Å². The fraction of sp³-hybridized carbons (Fsp3) is 0.263. The number of benzene rings is 1. The molecular weight excluding hydrogens is 345 g/mol. The highest BCUT2D eigenvalue weighted by Gasteiger charge is 2.30. The molecule has 0 N–H and O–H groups in total. The van der Waals surface area contributed by atoms with Gasteiger partial charge >= 0.3 is 12.3 Å². The number of nitrogens with zero attached hydrogens (tertiary/aromatic N) is 2. The average Bonchev–Trinajstić information content (AvgIpc) is 2.92. The first-order valence-corrected chi connectivity index (χ1v) is 7.93. The van der Waals surface area contributed by atoms with Crippen LogP contribution in [-0.2, 0) is 10.9 Å². The summed E-state index contributed by atoms with van der Waals surface area (Å²) in [6.07, 6.45) is -1.93. The van der Waals surface area contributed by atoms with E-state index in [1.54, 1.807) is 39.1 Å². The Morgan fingerprint density at radius 1 is 1.08 bits per heavy atom. The molecule has 0 saturated heterocycles. The van der Waals surface area contributed by atoms with Crippen LogP contribution in [0.1, 0.15) is 26.3 Å². The Balaban J connectivity index is 2.14. The Labute approximate surface area is 148 Å². The summed E-state index contributed by atoms with van der Waals surface area (Å²) in [5.41, 5.74) is -0.0247. The molecule has 0 saturated carbocycles. The standard InChI is InChI=1S/C19H17F3N2O2/c1-18(2,3)26-17(25)24-15(10-13-8-9-23-11-16(13)24)12-4-6-14(7-5-12)19(20,21)22/h4-11H,1-3H3. The Morgan fingerprint density at radius 3 is 2.31 bits per heavy atom. The molecule has 3 aromatic rings. The number of aromatic nitrogens is 2. The topological polar surface area (TPSA) is 44.1 Å². The molecule has 7 heteroatoms. The van der Waals surface area contributed by atoms with Crippen LogP contribution in [0.2, 0.25) is 0 Å². The van der Waals surface area contributed by atoms with Crippen molar-refractivity contribution in [2.24, 2.45) is 0 Å². The third-order valence-corrected chi connectivity index (χ3v) is 3.69. The van der Waals surface area contributed by atoms with Crippen LogP contribution in [0, 0.1) is 0 Å². The number of hydrogen-bond donors (Lipinski definition) is 0. The normalized spacial score (nSPS) is 12.4. The van der Waals surface area contributed by atoms with E-state index in [1.807, 2.05) is 0 Å². The van der Waals surface area contributed by atoms with E-state index in [9.17, 15) is 18.0 Å². The molecule has 4 nitrogen and oxygen atoms in total. The minimum atomic E-state index is -4.42. The van der Waals surface area contributed by atoms with Crippen molar-refractivity contribution in [3.05, 3.63) is 54.4 Å². The summed E-state index contributed by atoms with van der Waals surface area (Å²) in [6.45, 7) is 5.23. The fourth-order valence-corrected chi connectivity index (χ4v) is 2.59. The predicted molar refractivity (Wildman–Crippen MR) is 91.8 cm³/mol. The number of fused-ring (bicyclic) bond motifs is 1. The summed E-state index contributed by atoms with van der Waals surface area (Å²) in [6, 6.07) is 8.11. The van der Waals surface area contributed by atoms with E-state index in [-0.39, 0.29) is 0 Å². The van der Waals surface area contributed by atoms with Crippen molar-refractivity contribution in [3.63, 3.8) is 0 Å². The first-order valence-electron chi connectivity index (χ1n) is 7.93. The molecule has 0 atom stereocenters. The van der Waals surface area contributed by atoms with E-state index >= 15 is 0 Å². The number of pyridine rings is 1. The smallest absolute Gasteiger partial charge is 0.419 e. The molecule has 1 aromatic carbocycles. The van der Waals surface area contributed by atoms with E-state index in [0.29, 0.717) is 16.8 Å². The van der Waals surface area contributed by atoms with Crippen molar-refractivity contribution in [2.75, 3.05) is 0 Å². The maximum Gasteiger partial charge on any atom is 0.419 e. The lowest BCUT2D eigenvalue weighted by atomic mass is 10.1. The summed E-state index contributed by atoms with van der Waals surface area (Å²) in [5, 5.41) is 0.737. The van der Waals surface area contributed by atoms with Crippen LogP contribution in [0.4, 0.5) is 18.0 Å². The number of carbonyl (C=O) groups excluding carboxylic acids is 1. The summed E-state index contributed by atoms with van der Waals surface area (Å²) >= 11 is 0. The zero-order valence-electron chi connectivity index (χ0n) is 14.5. The molecule has 0 spiro atoms. The highest BCUT2D eigenvalue weighted by Crippen LogP contribution is 2.33. The van der Waals surface area contributed by atoms with Gasteiger partial charge < -0.3 is 4.74 Å². The van der Waals surface area contributed by atoms with Gasteiger partial charge in [0.2, 0.25) is 0 Å². The zero-order chi connectivity index (χ0) is 19.1. The molecule has 0 aliphatic heterocycles. The van der Waals surface area contributed by atoms with Crippen LogP contribution < -0.4 is 0 Å². The van der Waals surface area contributed by atoms with Gasteiger partial charge in [0.1, 0.15) is 5.60 Å². The molecule has 3 rings (SSSR count). The van der Waals surface area contributed by atoms with Gasteiger partial charge in [-0.25, -0.2) is 9.36 Å². The number of rotatable bonds is 1. The van der Waals surface area contributed by atoms with Crippen molar-refractivity contribution >= 4 is 17.0 Å². The third-order valence-electron chi connectivity index (χ3n) is 3.69. The van der Waals surface area contributed by atoms with Crippen LogP contribution in [-0.4, -0.2) is 21.2 Å². The Bertz CT molecular complexity index is 952. The lowest BCUT2D eigenvalue weighted by Gasteiger charge is -2.21. The molecule has 136 valence electrons. The Morgan fingerprint density at radius 2 is 1.73 bits per heavy atom. The summed E-state index contributed by atoms with van der Waals surface area (Å²) in [5.74, 6) is 0. The summed E-state index contributed by atoms with van der Waals surface area (Å²) in [7, 11) is 0. The second-order valence-electron chi connectivity index (χ2n) is 6.85. The Hall–Kier alpha value is -2.83. The molecule has 0 unspecified atom stereocenters. The molecule has 2 aromatic heterocycles. The quantitative estimate of drug-likeness (QED) is 0.574. The maximum atomic E-state index is 12.8. The van der Waals surface area contributed by atoms with Crippen molar-refractivity contribution in [1.29, 1.82) is 0 Å². The molecule has 0 radical (unpaired) electrons. The van der Waals surface area contributed by atoms with Gasteiger partial charge in [0.05, 0.1) is 23.0 Å². The van der Waals surface area contributed by atoms with Crippen molar-refractivity contribution < 1.29 is 22.7 Å². The maximum absolute atomic E-state index is 12.8. The highest BCUT2D eigenvalue weighted by atomic mass is 19.4. The third kappa shape index (κ3) is 3.56. The lowest BCUT2D eigenvalue weighted by molar-refractivity contribution is -0.137. The SMILES string of the molecule is CC(C)(C)OC(=O)n1c(-c2ccc(C(F)(F)F)cc2)cc2ccncc21. The zero-order valence-corrected chi connectivity index (χ0v) is 14.5. The van der Waals surface area contributed by atoms with Crippen LogP contribution in [0.5, 0.6) is 0 Å². The minimum absolute atomic E-state index is 0.441.